The normalized spacial score (nSPS) is 15.1. The maximum absolute atomic E-state index is 11.9. The molecular weight excluding hydrogens is 220 g/mol. The summed E-state index contributed by atoms with van der Waals surface area (Å²) in [6, 6.07) is 0. The molecule has 0 aromatic heterocycles. The van der Waals surface area contributed by atoms with Crippen LogP contribution in [0, 0.1) is 11.8 Å². The van der Waals surface area contributed by atoms with Crippen LogP contribution in [0.5, 0.6) is 0 Å². The molecule has 0 saturated heterocycles. The van der Waals surface area contributed by atoms with Crippen LogP contribution < -0.4 is 0 Å². The molecule has 0 bridgehead atoms. The van der Waals surface area contributed by atoms with Gasteiger partial charge in [-0.2, -0.15) is 0 Å². The summed E-state index contributed by atoms with van der Waals surface area (Å²) < 4.78 is 5.27. The van der Waals surface area contributed by atoms with E-state index in [2.05, 4.69) is 0 Å². The van der Waals surface area contributed by atoms with Gasteiger partial charge in [0.1, 0.15) is 5.60 Å². The summed E-state index contributed by atoms with van der Waals surface area (Å²) in [5.74, 6) is -2.60. The van der Waals surface area contributed by atoms with Gasteiger partial charge in [0.25, 0.3) is 0 Å². The molecule has 17 heavy (non-hydrogen) atoms. The predicted octanol–water partition coefficient (Wildman–Crippen LogP) is 2.86. The van der Waals surface area contributed by atoms with Crippen LogP contribution in [0.4, 0.5) is 0 Å². The van der Waals surface area contributed by atoms with E-state index >= 15 is 0 Å². The van der Waals surface area contributed by atoms with E-state index in [1.165, 1.54) is 0 Å². The van der Waals surface area contributed by atoms with E-state index in [4.69, 9.17) is 9.84 Å². The van der Waals surface area contributed by atoms with Gasteiger partial charge < -0.3 is 9.84 Å². The maximum atomic E-state index is 11.9. The van der Waals surface area contributed by atoms with Gasteiger partial charge in [-0.1, -0.05) is 26.7 Å². The molecule has 2 unspecified atom stereocenters. The van der Waals surface area contributed by atoms with Crippen LogP contribution in [0.25, 0.3) is 0 Å². The van der Waals surface area contributed by atoms with Crippen LogP contribution in [0.3, 0.4) is 0 Å². The van der Waals surface area contributed by atoms with Gasteiger partial charge in [-0.05, 0) is 27.2 Å². The molecule has 0 saturated carbocycles. The number of aliphatic carboxylic acids is 1. The number of hydrogen-bond donors (Lipinski definition) is 1. The third-order valence-electron chi connectivity index (χ3n) is 2.57. The van der Waals surface area contributed by atoms with E-state index in [0.29, 0.717) is 6.42 Å². The van der Waals surface area contributed by atoms with E-state index in [1.807, 2.05) is 6.92 Å². The monoisotopic (exact) mass is 244 g/mol. The fraction of sp³-hybridized carbons (Fsp3) is 0.846. The topological polar surface area (TPSA) is 63.6 Å². The van der Waals surface area contributed by atoms with Crippen LogP contribution in [0.15, 0.2) is 0 Å². The summed E-state index contributed by atoms with van der Waals surface area (Å²) >= 11 is 0. The molecule has 0 rings (SSSR count). The summed E-state index contributed by atoms with van der Waals surface area (Å²) in [5.41, 5.74) is -0.570. The molecule has 0 spiro atoms. The lowest BCUT2D eigenvalue weighted by Gasteiger charge is -2.25. The van der Waals surface area contributed by atoms with Crippen molar-refractivity contribution in [3.8, 4) is 0 Å². The third kappa shape index (κ3) is 6.29. The minimum Gasteiger partial charge on any atom is -0.481 e. The Kier molecular flexibility index (Phi) is 6.21. The van der Waals surface area contributed by atoms with Gasteiger partial charge in [-0.3, -0.25) is 9.59 Å². The molecule has 0 aliphatic rings. The first kappa shape index (κ1) is 15.9. The number of unbranched alkanes of at least 4 members (excludes halogenated alkanes) is 1. The van der Waals surface area contributed by atoms with Crippen molar-refractivity contribution in [3.63, 3.8) is 0 Å². The number of carboxylic acid groups (broad SMARTS) is 1. The average molecular weight is 244 g/mol. The summed E-state index contributed by atoms with van der Waals surface area (Å²) in [4.78, 5) is 22.9. The Morgan fingerprint density at radius 2 is 1.82 bits per heavy atom. The molecule has 2 atom stereocenters. The standard InChI is InChI=1S/C13H24O4/c1-6-7-8-10(9(2)11(14)15)12(16)17-13(3,4)5/h9-10H,6-8H2,1-5H3,(H,14,15). The number of hydrogen-bond acceptors (Lipinski definition) is 3. The first-order chi connectivity index (χ1) is 7.69. The largest absolute Gasteiger partial charge is 0.481 e. The Morgan fingerprint density at radius 1 is 1.29 bits per heavy atom. The smallest absolute Gasteiger partial charge is 0.310 e. The van der Waals surface area contributed by atoms with Gasteiger partial charge in [0.15, 0.2) is 0 Å². The Hall–Kier alpha value is -1.06. The van der Waals surface area contributed by atoms with Crippen LogP contribution >= 0.6 is 0 Å². The fourth-order valence-corrected chi connectivity index (χ4v) is 1.55. The van der Waals surface area contributed by atoms with Crippen LogP contribution in [-0.4, -0.2) is 22.6 Å². The third-order valence-corrected chi connectivity index (χ3v) is 2.57. The van der Waals surface area contributed by atoms with E-state index in [9.17, 15) is 9.59 Å². The quantitative estimate of drug-likeness (QED) is 0.730. The second kappa shape index (κ2) is 6.62. The Labute approximate surface area is 103 Å². The van der Waals surface area contributed by atoms with Gasteiger partial charge in [-0.15, -0.1) is 0 Å². The van der Waals surface area contributed by atoms with E-state index in [-0.39, 0.29) is 0 Å². The molecule has 0 aliphatic carbocycles. The van der Waals surface area contributed by atoms with Gasteiger partial charge in [-0.25, -0.2) is 0 Å². The minimum absolute atomic E-state index is 0.402. The van der Waals surface area contributed by atoms with Crippen molar-refractivity contribution in [1.29, 1.82) is 0 Å². The highest BCUT2D eigenvalue weighted by Gasteiger charge is 2.32. The lowest BCUT2D eigenvalue weighted by molar-refractivity contribution is -0.166. The zero-order valence-corrected chi connectivity index (χ0v) is 11.4. The molecule has 0 radical (unpaired) electrons. The molecular formula is C13H24O4. The van der Waals surface area contributed by atoms with Crippen molar-refractivity contribution < 1.29 is 19.4 Å². The van der Waals surface area contributed by atoms with Crippen molar-refractivity contribution in [2.75, 3.05) is 0 Å². The number of carbonyl (C=O) groups is 2. The molecule has 100 valence electrons. The molecule has 0 amide bonds. The highest BCUT2D eigenvalue weighted by Crippen LogP contribution is 2.23. The van der Waals surface area contributed by atoms with Gasteiger partial charge >= 0.3 is 11.9 Å². The van der Waals surface area contributed by atoms with Crippen LogP contribution in [-0.2, 0) is 14.3 Å². The second-order valence-corrected chi connectivity index (χ2v) is 5.41. The second-order valence-electron chi connectivity index (χ2n) is 5.41. The van der Waals surface area contributed by atoms with Gasteiger partial charge in [0.2, 0.25) is 0 Å². The average Bonchev–Trinajstić information content (AvgIpc) is 2.15. The number of ether oxygens (including phenoxy) is 1. The number of rotatable bonds is 6. The van der Waals surface area contributed by atoms with Crippen molar-refractivity contribution in [1.82, 2.24) is 0 Å². The zero-order chi connectivity index (χ0) is 13.6. The summed E-state index contributed by atoms with van der Waals surface area (Å²) in [6.07, 6.45) is 2.34. The fourth-order valence-electron chi connectivity index (χ4n) is 1.55. The van der Waals surface area contributed by atoms with E-state index in [0.717, 1.165) is 12.8 Å². The molecule has 0 aromatic rings. The summed E-state index contributed by atoms with van der Waals surface area (Å²) in [7, 11) is 0. The number of carboxylic acids is 1. The SMILES string of the molecule is CCCCC(C(=O)OC(C)(C)C)C(C)C(=O)O. The van der Waals surface area contributed by atoms with Crippen molar-refractivity contribution in [2.24, 2.45) is 11.8 Å². The first-order valence-electron chi connectivity index (χ1n) is 6.14. The highest BCUT2D eigenvalue weighted by atomic mass is 16.6. The molecule has 4 heteroatoms. The minimum atomic E-state index is -0.947. The van der Waals surface area contributed by atoms with Crippen molar-refractivity contribution in [3.05, 3.63) is 0 Å². The molecule has 0 fully saturated rings. The first-order valence-corrected chi connectivity index (χ1v) is 6.14. The van der Waals surface area contributed by atoms with Crippen LogP contribution in [0.1, 0.15) is 53.9 Å². The summed E-state index contributed by atoms with van der Waals surface area (Å²) in [5, 5.41) is 8.99. The number of carbonyl (C=O) groups excluding carboxylic acids is 1. The Balaban J connectivity index is 4.67. The van der Waals surface area contributed by atoms with Gasteiger partial charge in [0.05, 0.1) is 11.8 Å². The van der Waals surface area contributed by atoms with E-state index in [1.54, 1.807) is 27.7 Å². The lowest BCUT2D eigenvalue weighted by atomic mass is 9.89. The summed E-state index contributed by atoms with van der Waals surface area (Å²) in [6.45, 7) is 8.93. The Bertz CT molecular complexity index is 265. The number of esters is 1. The molecule has 1 N–H and O–H groups in total. The van der Waals surface area contributed by atoms with Crippen molar-refractivity contribution >= 4 is 11.9 Å². The highest BCUT2D eigenvalue weighted by molar-refractivity contribution is 5.81. The lowest BCUT2D eigenvalue weighted by Crippen LogP contribution is -2.34. The zero-order valence-electron chi connectivity index (χ0n) is 11.4. The molecule has 0 heterocycles. The Morgan fingerprint density at radius 3 is 2.18 bits per heavy atom. The van der Waals surface area contributed by atoms with Crippen LogP contribution in [0.2, 0.25) is 0 Å². The van der Waals surface area contributed by atoms with Gasteiger partial charge in [0, 0.05) is 0 Å². The van der Waals surface area contributed by atoms with Crippen molar-refractivity contribution in [2.45, 2.75) is 59.5 Å². The molecule has 0 aromatic carbocycles. The maximum Gasteiger partial charge on any atom is 0.310 e. The van der Waals surface area contributed by atoms with E-state index < -0.39 is 29.4 Å². The molecule has 4 nitrogen and oxygen atoms in total. The molecule has 0 aliphatic heterocycles. The predicted molar refractivity (Wildman–Crippen MR) is 65.7 cm³/mol.